The predicted octanol–water partition coefficient (Wildman–Crippen LogP) is 0.405. The van der Waals surface area contributed by atoms with Gasteiger partial charge < -0.3 is 15.7 Å². The average Bonchev–Trinajstić information content (AvgIpc) is 3.11. The molecule has 0 aromatic rings. The Morgan fingerprint density at radius 1 is 1.32 bits per heavy atom. The number of rotatable bonds is 5. The van der Waals surface area contributed by atoms with Gasteiger partial charge in [0, 0.05) is 50.4 Å². The lowest BCUT2D eigenvalue weighted by Crippen LogP contribution is -2.53. The average molecular weight is 345 g/mol. The first kappa shape index (κ1) is 16.1. The molecule has 4 aliphatic heterocycles. The largest absolute Gasteiger partial charge is 0.379 e. The summed E-state index contributed by atoms with van der Waals surface area (Å²) < 4.78 is 0. The summed E-state index contributed by atoms with van der Waals surface area (Å²) in [6.45, 7) is 4.22. The molecular formula is C19H31N5O. The van der Waals surface area contributed by atoms with Gasteiger partial charge in [0.25, 0.3) is 0 Å². The highest BCUT2D eigenvalue weighted by molar-refractivity contribution is 5.61. The molecule has 0 amide bonds. The van der Waals surface area contributed by atoms with Crippen LogP contribution in [0, 0.1) is 11.8 Å². The molecule has 0 aromatic carbocycles. The first-order chi connectivity index (χ1) is 12.3. The molecule has 0 radical (unpaired) electrons. The Morgan fingerprint density at radius 2 is 2.24 bits per heavy atom. The fourth-order valence-electron chi connectivity index (χ4n) is 5.33. The van der Waals surface area contributed by atoms with E-state index in [9.17, 15) is 5.11 Å². The number of aliphatic hydroxyl groups excluding tert-OH is 1. The number of fused-ring (bicyclic) bond motifs is 2. The van der Waals surface area contributed by atoms with E-state index < -0.39 is 0 Å². The van der Waals surface area contributed by atoms with Crippen molar-refractivity contribution in [1.82, 2.24) is 20.9 Å². The van der Waals surface area contributed by atoms with Crippen LogP contribution >= 0.6 is 0 Å². The van der Waals surface area contributed by atoms with Gasteiger partial charge in [-0.15, -0.1) is 0 Å². The number of nitrogens with zero attached hydrogens (tertiary/aromatic N) is 2. The van der Waals surface area contributed by atoms with E-state index in [0.717, 1.165) is 57.8 Å². The number of hydrogen-bond donors (Lipinski definition) is 4. The zero-order valence-corrected chi connectivity index (χ0v) is 15.0. The Labute approximate surface area is 150 Å². The van der Waals surface area contributed by atoms with Gasteiger partial charge in [0.15, 0.2) is 0 Å². The molecule has 6 nitrogen and oxygen atoms in total. The molecule has 0 spiro atoms. The molecule has 1 aliphatic carbocycles. The lowest BCUT2D eigenvalue weighted by atomic mass is 9.78. The summed E-state index contributed by atoms with van der Waals surface area (Å²) in [5.41, 5.74) is 1.57. The molecule has 4 heterocycles. The first-order valence-corrected chi connectivity index (χ1v) is 10.2. The first-order valence-electron chi connectivity index (χ1n) is 10.2. The van der Waals surface area contributed by atoms with Gasteiger partial charge in [0.2, 0.25) is 0 Å². The van der Waals surface area contributed by atoms with Crippen LogP contribution in [-0.4, -0.2) is 66.8 Å². The van der Waals surface area contributed by atoms with Crippen LogP contribution in [0.25, 0.3) is 0 Å². The van der Waals surface area contributed by atoms with Crippen LogP contribution in [0.2, 0.25) is 0 Å². The van der Waals surface area contributed by atoms with E-state index in [1.807, 2.05) is 0 Å². The predicted molar refractivity (Wildman–Crippen MR) is 98.3 cm³/mol. The van der Waals surface area contributed by atoms with Crippen LogP contribution in [0.4, 0.5) is 0 Å². The van der Waals surface area contributed by atoms with E-state index in [1.54, 1.807) is 5.57 Å². The third-order valence-electron chi connectivity index (χ3n) is 6.75. The van der Waals surface area contributed by atoms with E-state index >= 15 is 0 Å². The molecule has 4 N–H and O–H groups in total. The molecular weight excluding hydrogens is 314 g/mol. The van der Waals surface area contributed by atoms with Gasteiger partial charge in [0.1, 0.15) is 6.23 Å². The van der Waals surface area contributed by atoms with Crippen LogP contribution in [0.3, 0.4) is 0 Å². The molecule has 0 aromatic heterocycles. The minimum atomic E-state index is -0.314. The number of aliphatic hydroxyl groups is 1. The monoisotopic (exact) mass is 345 g/mol. The summed E-state index contributed by atoms with van der Waals surface area (Å²) in [6, 6.07) is 1.40. The summed E-state index contributed by atoms with van der Waals surface area (Å²) in [5, 5.41) is 20.8. The minimum Gasteiger partial charge on any atom is -0.379 e. The molecule has 0 bridgehead atoms. The number of hydrogen-bond acceptors (Lipinski definition) is 6. The van der Waals surface area contributed by atoms with Crippen molar-refractivity contribution in [2.75, 3.05) is 26.2 Å². The van der Waals surface area contributed by atoms with Gasteiger partial charge in [0.05, 0.1) is 11.9 Å². The van der Waals surface area contributed by atoms with Gasteiger partial charge in [-0.25, -0.2) is 0 Å². The third kappa shape index (κ3) is 3.20. The maximum Gasteiger partial charge on any atom is 0.105 e. The SMILES string of the molecule is O[C@H](CC1CC1)NC1CCN([C@@H]2CC=N[C@@H]3CNC4=C(CCN4)C23)C1. The van der Waals surface area contributed by atoms with Crippen LogP contribution < -0.4 is 16.0 Å². The molecule has 25 heavy (non-hydrogen) atoms. The van der Waals surface area contributed by atoms with E-state index in [4.69, 9.17) is 4.99 Å². The summed E-state index contributed by atoms with van der Waals surface area (Å²) in [5.74, 6) is 2.62. The highest BCUT2D eigenvalue weighted by Crippen LogP contribution is 2.38. The fourth-order valence-corrected chi connectivity index (χ4v) is 5.33. The zero-order valence-electron chi connectivity index (χ0n) is 15.0. The van der Waals surface area contributed by atoms with Crippen molar-refractivity contribution < 1.29 is 5.11 Å². The Hall–Kier alpha value is -1.11. The van der Waals surface area contributed by atoms with Crippen molar-refractivity contribution in [1.29, 1.82) is 0 Å². The summed E-state index contributed by atoms with van der Waals surface area (Å²) in [7, 11) is 0. The summed E-state index contributed by atoms with van der Waals surface area (Å²) in [6.07, 6.45) is 8.76. The van der Waals surface area contributed by atoms with Gasteiger partial charge in [-0.3, -0.25) is 15.2 Å². The van der Waals surface area contributed by atoms with Crippen LogP contribution in [0.5, 0.6) is 0 Å². The Balaban J connectivity index is 1.25. The second-order valence-electron chi connectivity index (χ2n) is 8.53. The molecule has 138 valence electrons. The number of aliphatic imine (C=N–C) groups is 1. The van der Waals surface area contributed by atoms with Crippen molar-refractivity contribution in [3.8, 4) is 0 Å². The van der Waals surface area contributed by atoms with Gasteiger partial charge in [-0.1, -0.05) is 12.8 Å². The van der Waals surface area contributed by atoms with Gasteiger partial charge >= 0.3 is 0 Å². The second-order valence-corrected chi connectivity index (χ2v) is 8.53. The maximum absolute atomic E-state index is 10.3. The van der Waals surface area contributed by atoms with Crippen LogP contribution in [0.15, 0.2) is 16.4 Å². The van der Waals surface area contributed by atoms with Crippen molar-refractivity contribution >= 4 is 6.21 Å². The van der Waals surface area contributed by atoms with Crippen molar-refractivity contribution in [3.05, 3.63) is 11.4 Å². The topological polar surface area (TPSA) is 71.9 Å². The molecule has 5 rings (SSSR count). The van der Waals surface area contributed by atoms with Crippen molar-refractivity contribution in [2.45, 2.75) is 62.9 Å². The Morgan fingerprint density at radius 3 is 3.12 bits per heavy atom. The lowest BCUT2D eigenvalue weighted by molar-refractivity contribution is 0.103. The highest BCUT2D eigenvalue weighted by atomic mass is 16.3. The van der Waals surface area contributed by atoms with Crippen LogP contribution in [0.1, 0.15) is 38.5 Å². The standard InChI is InChI=1S/C19H31N5O/c25-17(9-12-1-2-12)23-13-5-8-24(11-13)16-4-7-20-15-10-22-19-14(18(15)16)3-6-21-19/h7,12-13,15-18,21-23,25H,1-6,8-11H2/t13?,15-,16-,17-,18?/m1/s1. The molecule has 2 unspecified atom stereocenters. The molecule has 6 heteroatoms. The second kappa shape index (κ2) is 6.56. The molecule has 1 saturated heterocycles. The third-order valence-corrected chi connectivity index (χ3v) is 6.75. The zero-order chi connectivity index (χ0) is 16.8. The quantitative estimate of drug-likeness (QED) is 0.543. The highest BCUT2D eigenvalue weighted by Gasteiger charge is 2.43. The number of likely N-dealkylation sites (tertiary alicyclic amines) is 1. The minimum absolute atomic E-state index is 0.314. The van der Waals surface area contributed by atoms with E-state index in [2.05, 4.69) is 27.1 Å². The van der Waals surface area contributed by atoms with E-state index in [0.29, 0.717) is 24.0 Å². The normalized spacial score (nSPS) is 38.9. The summed E-state index contributed by atoms with van der Waals surface area (Å²) >= 11 is 0. The smallest absolute Gasteiger partial charge is 0.105 e. The Bertz CT molecular complexity index is 572. The molecule has 1 saturated carbocycles. The van der Waals surface area contributed by atoms with Crippen LogP contribution in [-0.2, 0) is 0 Å². The molecule has 5 aliphatic rings. The lowest BCUT2D eigenvalue weighted by Gasteiger charge is -2.43. The van der Waals surface area contributed by atoms with E-state index in [1.165, 1.54) is 18.7 Å². The number of nitrogens with one attached hydrogen (secondary N) is 3. The van der Waals surface area contributed by atoms with Gasteiger partial charge in [-0.2, -0.15) is 0 Å². The fraction of sp³-hybridized carbons (Fsp3) is 0.842. The Kier molecular flexibility index (Phi) is 4.22. The van der Waals surface area contributed by atoms with Crippen molar-refractivity contribution in [3.63, 3.8) is 0 Å². The van der Waals surface area contributed by atoms with Gasteiger partial charge in [-0.05, 0) is 37.2 Å². The molecule has 2 fully saturated rings. The molecule has 5 atom stereocenters. The maximum atomic E-state index is 10.3. The summed E-state index contributed by atoms with van der Waals surface area (Å²) in [4.78, 5) is 7.47. The van der Waals surface area contributed by atoms with Crippen molar-refractivity contribution in [2.24, 2.45) is 16.8 Å². The van der Waals surface area contributed by atoms with E-state index in [-0.39, 0.29) is 6.23 Å².